The minimum Gasteiger partial charge on any atom is -0.324 e. The third kappa shape index (κ3) is 2.95. The topological polar surface area (TPSA) is 35.6 Å². The van der Waals surface area contributed by atoms with Gasteiger partial charge in [-0.15, -0.1) is 0 Å². The zero-order valence-electron chi connectivity index (χ0n) is 11.2. The highest BCUT2D eigenvalue weighted by molar-refractivity contribution is 5.80. The number of rotatable bonds is 5. The minimum atomic E-state index is 0.0215. The van der Waals surface area contributed by atoms with Gasteiger partial charge in [0.2, 0.25) is 5.91 Å². The molecule has 1 atom stereocenters. The molecule has 1 rings (SSSR count). The second kappa shape index (κ2) is 5.15. The average Bonchev–Trinajstić information content (AvgIpc) is 2.50. The molecule has 1 N–H and O–H groups in total. The van der Waals surface area contributed by atoms with Crippen molar-refractivity contribution in [3.8, 4) is 0 Å². The van der Waals surface area contributed by atoms with E-state index in [4.69, 9.17) is 0 Å². The Morgan fingerprint density at radius 1 is 1.50 bits per heavy atom. The number of carbonyl (C=O) groups is 1. The molecular weight excluding hydrogens is 202 g/mol. The molecule has 1 unspecified atom stereocenters. The second-order valence-corrected chi connectivity index (χ2v) is 5.41. The normalized spacial score (nSPS) is 22.2. The molecule has 94 valence electrons. The van der Waals surface area contributed by atoms with E-state index in [9.17, 15) is 4.79 Å². The van der Waals surface area contributed by atoms with Gasteiger partial charge in [0.15, 0.2) is 0 Å². The second-order valence-electron chi connectivity index (χ2n) is 5.41. The van der Waals surface area contributed by atoms with E-state index < -0.39 is 0 Å². The molecule has 16 heavy (non-hydrogen) atoms. The third-order valence-electron chi connectivity index (χ3n) is 3.52. The van der Waals surface area contributed by atoms with Crippen LogP contribution < -0.4 is 5.32 Å². The van der Waals surface area contributed by atoms with Gasteiger partial charge in [-0.2, -0.15) is 0 Å². The fourth-order valence-corrected chi connectivity index (χ4v) is 1.88. The van der Waals surface area contributed by atoms with Gasteiger partial charge in [0.1, 0.15) is 0 Å². The van der Waals surface area contributed by atoms with Crippen molar-refractivity contribution in [2.75, 3.05) is 27.2 Å². The summed E-state index contributed by atoms with van der Waals surface area (Å²) in [5.74, 6) is 0.230. The fourth-order valence-electron chi connectivity index (χ4n) is 1.88. The summed E-state index contributed by atoms with van der Waals surface area (Å²) >= 11 is 0. The highest BCUT2D eigenvalue weighted by Gasteiger charge is 2.34. The van der Waals surface area contributed by atoms with Crippen LogP contribution in [0, 0.1) is 0 Å². The maximum absolute atomic E-state index is 11.8. The van der Waals surface area contributed by atoms with Crippen LogP contribution in [0.2, 0.25) is 0 Å². The van der Waals surface area contributed by atoms with Crippen molar-refractivity contribution < 1.29 is 4.79 Å². The lowest BCUT2D eigenvalue weighted by molar-refractivity contribution is -0.129. The van der Waals surface area contributed by atoms with E-state index in [0.29, 0.717) is 6.54 Å². The molecule has 0 aromatic rings. The summed E-state index contributed by atoms with van der Waals surface area (Å²) in [5, 5.41) is 3.28. The molecule has 0 radical (unpaired) electrons. The first-order valence-electron chi connectivity index (χ1n) is 6.08. The third-order valence-corrected chi connectivity index (χ3v) is 3.52. The Balaban J connectivity index is 2.66. The van der Waals surface area contributed by atoms with Crippen LogP contribution in [-0.2, 0) is 4.79 Å². The monoisotopic (exact) mass is 227 g/mol. The molecule has 0 aliphatic carbocycles. The molecule has 1 aliphatic rings. The highest BCUT2D eigenvalue weighted by atomic mass is 16.2. The Kier molecular flexibility index (Phi) is 4.33. The van der Waals surface area contributed by atoms with Gasteiger partial charge in [-0.05, 0) is 34.4 Å². The van der Waals surface area contributed by atoms with Gasteiger partial charge in [-0.25, -0.2) is 0 Å². The van der Waals surface area contributed by atoms with Crippen LogP contribution in [0.1, 0.15) is 33.6 Å². The van der Waals surface area contributed by atoms with Gasteiger partial charge in [0.05, 0.1) is 12.7 Å². The SMILES string of the molecule is CCCC1NCC(=O)N1CC(C)(C)N(C)C. The Morgan fingerprint density at radius 3 is 2.62 bits per heavy atom. The first kappa shape index (κ1) is 13.5. The lowest BCUT2D eigenvalue weighted by Gasteiger charge is -2.38. The summed E-state index contributed by atoms with van der Waals surface area (Å²) in [6, 6.07) is 0. The van der Waals surface area contributed by atoms with Crippen molar-refractivity contribution in [1.82, 2.24) is 15.1 Å². The first-order chi connectivity index (χ1) is 7.38. The van der Waals surface area contributed by atoms with Gasteiger partial charge >= 0.3 is 0 Å². The largest absolute Gasteiger partial charge is 0.324 e. The summed E-state index contributed by atoms with van der Waals surface area (Å²) in [6.07, 6.45) is 2.37. The summed E-state index contributed by atoms with van der Waals surface area (Å²) in [5.41, 5.74) is 0.0215. The van der Waals surface area contributed by atoms with E-state index in [1.165, 1.54) is 0 Å². The van der Waals surface area contributed by atoms with E-state index in [0.717, 1.165) is 19.4 Å². The molecule has 0 aromatic carbocycles. The van der Waals surface area contributed by atoms with Crippen molar-refractivity contribution in [2.24, 2.45) is 0 Å². The van der Waals surface area contributed by atoms with Crippen LogP contribution in [-0.4, -0.2) is 54.6 Å². The van der Waals surface area contributed by atoms with Crippen LogP contribution in [0.25, 0.3) is 0 Å². The molecule has 1 amide bonds. The van der Waals surface area contributed by atoms with Crippen molar-refractivity contribution in [3.63, 3.8) is 0 Å². The molecule has 0 bridgehead atoms. The van der Waals surface area contributed by atoms with Gasteiger partial charge < -0.3 is 9.80 Å². The van der Waals surface area contributed by atoms with Crippen LogP contribution in [0.15, 0.2) is 0 Å². The molecule has 4 nitrogen and oxygen atoms in total. The summed E-state index contributed by atoms with van der Waals surface area (Å²) in [4.78, 5) is 16.0. The van der Waals surface area contributed by atoms with Crippen LogP contribution in [0.3, 0.4) is 0 Å². The average molecular weight is 227 g/mol. The highest BCUT2D eigenvalue weighted by Crippen LogP contribution is 2.18. The maximum Gasteiger partial charge on any atom is 0.237 e. The maximum atomic E-state index is 11.8. The number of nitrogens with zero attached hydrogens (tertiary/aromatic N) is 2. The van der Waals surface area contributed by atoms with Gasteiger partial charge in [0, 0.05) is 12.1 Å². The van der Waals surface area contributed by atoms with Gasteiger partial charge in [-0.3, -0.25) is 10.1 Å². The molecular formula is C12H25N3O. The zero-order chi connectivity index (χ0) is 12.3. The molecule has 0 saturated carbocycles. The van der Waals surface area contributed by atoms with Crippen molar-refractivity contribution in [2.45, 2.75) is 45.3 Å². The lowest BCUT2D eigenvalue weighted by Crippen LogP contribution is -2.51. The van der Waals surface area contributed by atoms with E-state index in [-0.39, 0.29) is 17.6 Å². The van der Waals surface area contributed by atoms with Crippen LogP contribution in [0.5, 0.6) is 0 Å². The Labute approximate surface area is 99.0 Å². The number of carbonyl (C=O) groups excluding carboxylic acids is 1. The van der Waals surface area contributed by atoms with Crippen molar-refractivity contribution >= 4 is 5.91 Å². The summed E-state index contributed by atoms with van der Waals surface area (Å²) in [6.45, 7) is 7.77. The molecule has 4 heteroatoms. The predicted molar refractivity (Wildman–Crippen MR) is 66.2 cm³/mol. The Morgan fingerprint density at radius 2 is 2.12 bits per heavy atom. The number of amides is 1. The van der Waals surface area contributed by atoms with E-state index >= 15 is 0 Å². The van der Waals surface area contributed by atoms with E-state index in [1.807, 2.05) is 4.90 Å². The van der Waals surface area contributed by atoms with Gasteiger partial charge in [0.25, 0.3) is 0 Å². The lowest BCUT2D eigenvalue weighted by atomic mass is 10.0. The number of nitrogens with one attached hydrogen (secondary N) is 1. The van der Waals surface area contributed by atoms with E-state index in [1.54, 1.807) is 0 Å². The summed E-state index contributed by atoms with van der Waals surface area (Å²) in [7, 11) is 4.12. The van der Waals surface area contributed by atoms with E-state index in [2.05, 4.69) is 45.1 Å². The Bertz CT molecular complexity index is 251. The van der Waals surface area contributed by atoms with Crippen molar-refractivity contribution in [1.29, 1.82) is 0 Å². The molecule has 1 heterocycles. The molecule has 0 aromatic heterocycles. The summed E-state index contributed by atoms with van der Waals surface area (Å²) < 4.78 is 0. The molecule has 0 spiro atoms. The number of likely N-dealkylation sites (N-methyl/N-ethyl adjacent to an activating group) is 1. The zero-order valence-corrected chi connectivity index (χ0v) is 11.2. The van der Waals surface area contributed by atoms with Gasteiger partial charge in [-0.1, -0.05) is 13.3 Å². The van der Waals surface area contributed by atoms with Crippen LogP contribution >= 0.6 is 0 Å². The smallest absolute Gasteiger partial charge is 0.237 e. The predicted octanol–water partition coefficient (Wildman–Crippen LogP) is 0.885. The molecule has 1 saturated heterocycles. The van der Waals surface area contributed by atoms with Crippen LogP contribution in [0.4, 0.5) is 0 Å². The number of hydrogen-bond donors (Lipinski definition) is 1. The quantitative estimate of drug-likeness (QED) is 0.757. The first-order valence-corrected chi connectivity index (χ1v) is 6.08. The Hall–Kier alpha value is -0.610. The minimum absolute atomic E-state index is 0.0215. The van der Waals surface area contributed by atoms with Crippen molar-refractivity contribution in [3.05, 3.63) is 0 Å². The standard InChI is InChI=1S/C12H25N3O/c1-6-7-10-13-8-11(16)15(10)9-12(2,3)14(4)5/h10,13H,6-9H2,1-5H3. The molecule has 1 fully saturated rings. The number of hydrogen-bond acceptors (Lipinski definition) is 3. The fraction of sp³-hybridized carbons (Fsp3) is 0.917. The molecule has 1 aliphatic heterocycles.